The minimum absolute atomic E-state index is 0.242. The van der Waals surface area contributed by atoms with E-state index in [1.807, 2.05) is 0 Å². The molecule has 3 aliphatic rings. The summed E-state index contributed by atoms with van der Waals surface area (Å²) in [6.45, 7) is 13.8. The summed E-state index contributed by atoms with van der Waals surface area (Å²) in [5, 5.41) is 0. The molecule has 4 rings (SSSR count). The van der Waals surface area contributed by atoms with Gasteiger partial charge in [0.1, 0.15) is 0 Å². The summed E-state index contributed by atoms with van der Waals surface area (Å²) in [4.78, 5) is 0. The Morgan fingerprint density at radius 1 is 1.03 bits per heavy atom. The maximum atomic E-state index is 4.49. The highest BCUT2D eigenvalue weighted by atomic mass is 14.3. The molecule has 38 heavy (non-hydrogen) atoms. The van der Waals surface area contributed by atoms with Gasteiger partial charge >= 0.3 is 0 Å². The van der Waals surface area contributed by atoms with Crippen LogP contribution in [0.3, 0.4) is 0 Å². The van der Waals surface area contributed by atoms with E-state index in [0.29, 0.717) is 5.92 Å². The van der Waals surface area contributed by atoms with Gasteiger partial charge in [0.25, 0.3) is 0 Å². The third-order valence-corrected chi connectivity index (χ3v) is 9.72. The third-order valence-electron chi connectivity index (χ3n) is 9.72. The first-order chi connectivity index (χ1) is 18.3. The third kappa shape index (κ3) is 9.07. The fourth-order valence-corrected chi connectivity index (χ4v) is 6.92. The van der Waals surface area contributed by atoms with Crippen LogP contribution in [0.2, 0.25) is 0 Å². The van der Waals surface area contributed by atoms with Crippen LogP contribution in [-0.2, 0) is 11.8 Å². The van der Waals surface area contributed by atoms with Crippen LogP contribution in [0, 0.1) is 30.1 Å². The van der Waals surface area contributed by atoms with Crippen molar-refractivity contribution in [3.8, 4) is 0 Å². The van der Waals surface area contributed by atoms with Crippen LogP contribution in [0.25, 0.3) is 0 Å². The molecule has 0 nitrogen and oxygen atoms in total. The Morgan fingerprint density at radius 3 is 2.58 bits per heavy atom. The number of aryl methyl sites for hydroxylation is 1. The molecule has 0 saturated heterocycles. The first kappa shape index (κ1) is 29.0. The van der Waals surface area contributed by atoms with Crippen LogP contribution in [0.5, 0.6) is 0 Å². The Morgan fingerprint density at radius 2 is 1.84 bits per heavy atom. The zero-order valence-corrected chi connectivity index (χ0v) is 25.1. The minimum atomic E-state index is 0.242. The molecule has 208 valence electrons. The second-order valence-electron chi connectivity index (χ2n) is 14.0. The normalized spacial score (nSPS) is 25.1. The molecule has 1 aromatic rings. The van der Waals surface area contributed by atoms with Crippen LogP contribution in [0.15, 0.2) is 71.9 Å². The molecule has 3 aliphatic carbocycles. The summed E-state index contributed by atoms with van der Waals surface area (Å²) in [5.74, 6) is 3.22. The topological polar surface area (TPSA) is 0 Å². The summed E-state index contributed by atoms with van der Waals surface area (Å²) >= 11 is 0. The fourth-order valence-electron chi connectivity index (χ4n) is 6.92. The largest absolute Gasteiger partial charge is 0.183 e. The van der Waals surface area contributed by atoms with Crippen molar-refractivity contribution >= 4 is 0 Å². The Bertz CT molecular complexity index is 993. The molecule has 0 spiro atoms. The lowest BCUT2D eigenvalue weighted by Crippen LogP contribution is -2.11. The van der Waals surface area contributed by atoms with Crippen molar-refractivity contribution in [2.75, 3.05) is 0 Å². The standard InChI is InChI=1S/C38H55/c1-29(25-32-11-7-6-8-12-32)30(2)26-35-21-23-36(24-22-35)27-33-14-9-13-31(17-19-33)18-20-34-15-10-16-37(28-34)38(3,4)5/h6-7,10,15-16,21,23-24,28,30-33H,1,8-9,11-14,17-20,22,25-27H2,2-5H3/q-1. The number of hydrogen-bond acceptors (Lipinski definition) is 0. The van der Waals surface area contributed by atoms with Crippen molar-refractivity contribution in [1.29, 1.82) is 0 Å². The molecule has 0 N–H and O–H groups in total. The zero-order valence-electron chi connectivity index (χ0n) is 25.1. The van der Waals surface area contributed by atoms with E-state index in [2.05, 4.69) is 89.3 Å². The lowest BCUT2D eigenvalue weighted by molar-refractivity contribution is 0.409. The van der Waals surface area contributed by atoms with E-state index in [-0.39, 0.29) is 5.41 Å². The van der Waals surface area contributed by atoms with E-state index in [4.69, 9.17) is 0 Å². The summed E-state index contributed by atoms with van der Waals surface area (Å²) in [7, 11) is 0. The Labute approximate surface area is 235 Å². The van der Waals surface area contributed by atoms with Gasteiger partial charge in [-0.25, -0.2) is 0 Å². The Balaban J connectivity index is 1.16. The van der Waals surface area contributed by atoms with E-state index in [1.54, 1.807) is 11.1 Å². The van der Waals surface area contributed by atoms with Gasteiger partial charge in [-0.1, -0.05) is 108 Å². The van der Waals surface area contributed by atoms with E-state index in [9.17, 15) is 0 Å². The SMILES string of the molecule is C=C(CC1CC=CCC1)C(C)CC1=C[CH-]C(CC2CCCC(CCc3cccc(C(C)(C)C)c3)CC2)=CC1. The maximum Gasteiger partial charge on any atom is -0.0132 e. The van der Waals surface area contributed by atoms with Crippen LogP contribution >= 0.6 is 0 Å². The highest BCUT2D eigenvalue weighted by Crippen LogP contribution is 2.36. The molecule has 1 saturated carbocycles. The van der Waals surface area contributed by atoms with E-state index >= 15 is 0 Å². The second-order valence-corrected chi connectivity index (χ2v) is 14.0. The lowest BCUT2D eigenvalue weighted by Gasteiger charge is -2.28. The van der Waals surface area contributed by atoms with Crippen LogP contribution in [0.4, 0.5) is 0 Å². The fraction of sp³-hybridized carbons (Fsp3) is 0.605. The monoisotopic (exact) mass is 511 g/mol. The van der Waals surface area contributed by atoms with Crippen molar-refractivity contribution in [2.45, 2.75) is 123 Å². The van der Waals surface area contributed by atoms with Crippen LogP contribution in [-0.4, -0.2) is 0 Å². The van der Waals surface area contributed by atoms with Crippen LogP contribution in [0.1, 0.15) is 122 Å². The smallest absolute Gasteiger partial charge is 0.0132 e. The highest BCUT2D eigenvalue weighted by Gasteiger charge is 2.20. The Hall–Kier alpha value is -1.95. The first-order valence-corrected chi connectivity index (χ1v) is 15.9. The maximum absolute atomic E-state index is 4.49. The van der Waals surface area contributed by atoms with Gasteiger partial charge in [0.15, 0.2) is 0 Å². The number of rotatable bonds is 10. The van der Waals surface area contributed by atoms with Gasteiger partial charge < -0.3 is 0 Å². The Kier molecular flexibility index (Phi) is 10.6. The molecule has 4 atom stereocenters. The van der Waals surface area contributed by atoms with Crippen molar-refractivity contribution in [3.05, 3.63) is 89.4 Å². The molecular formula is C38H55-. The number of allylic oxidation sites excluding steroid dienone is 7. The lowest BCUT2D eigenvalue weighted by atomic mass is 9.81. The van der Waals surface area contributed by atoms with Gasteiger partial charge in [-0.05, 0) is 91.6 Å². The molecule has 0 heteroatoms. The average molecular weight is 512 g/mol. The van der Waals surface area contributed by atoms with Crippen molar-refractivity contribution in [1.82, 2.24) is 0 Å². The van der Waals surface area contributed by atoms with Crippen molar-refractivity contribution in [3.63, 3.8) is 0 Å². The van der Waals surface area contributed by atoms with Gasteiger partial charge in [-0.2, -0.15) is 29.7 Å². The van der Waals surface area contributed by atoms with Crippen LogP contribution < -0.4 is 0 Å². The first-order valence-electron chi connectivity index (χ1n) is 15.9. The average Bonchev–Trinajstić information content (AvgIpc) is 3.14. The summed E-state index contributed by atoms with van der Waals surface area (Å²) in [6, 6.07) is 9.35. The van der Waals surface area contributed by atoms with Crippen molar-refractivity contribution in [2.24, 2.45) is 23.7 Å². The van der Waals surface area contributed by atoms with Gasteiger partial charge in [0.2, 0.25) is 0 Å². The predicted molar refractivity (Wildman–Crippen MR) is 167 cm³/mol. The van der Waals surface area contributed by atoms with E-state index in [0.717, 1.165) is 24.2 Å². The minimum Gasteiger partial charge on any atom is -0.183 e. The van der Waals surface area contributed by atoms with E-state index in [1.165, 1.54) is 100 Å². The molecule has 0 heterocycles. The van der Waals surface area contributed by atoms with Gasteiger partial charge in [-0.15, -0.1) is 6.42 Å². The molecule has 0 radical (unpaired) electrons. The summed E-state index contributed by atoms with van der Waals surface area (Å²) in [5.41, 5.74) is 7.91. The second kappa shape index (κ2) is 13.9. The number of benzene rings is 1. The molecule has 4 unspecified atom stereocenters. The number of hydrogen-bond donors (Lipinski definition) is 0. The molecule has 0 bridgehead atoms. The molecule has 1 fully saturated rings. The molecule has 1 aromatic carbocycles. The molecule has 0 aromatic heterocycles. The quantitative estimate of drug-likeness (QED) is 0.166. The van der Waals surface area contributed by atoms with Gasteiger partial charge in [-0.3, -0.25) is 0 Å². The predicted octanol–water partition coefficient (Wildman–Crippen LogP) is 11.3. The van der Waals surface area contributed by atoms with Gasteiger partial charge in [0, 0.05) is 0 Å². The van der Waals surface area contributed by atoms with Crippen molar-refractivity contribution < 1.29 is 0 Å². The summed E-state index contributed by atoms with van der Waals surface area (Å²) in [6.07, 6.45) is 30.6. The zero-order chi connectivity index (χ0) is 27.0. The van der Waals surface area contributed by atoms with Gasteiger partial charge in [0.05, 0.1) is 0 Å². The highest BCUT2D eigenvalue weighted by molar-refractivity contribution is 5.32. The molecule has 0 amide bonds. The molecular weight excluding hydrogens is 456 g/mol. The molecule has 0 aliphatic heterocycles. The van der Waals surface area contributed by atoms with E-state index < -0.39 is 0 Å². The summed E-state index contributed by atoms with van der Waals surface area (Å²) < 4.78 is 0.